The van der Waals surface area contributed by atoms with Crippen LogP contribution in [0, 0.1) is 0 Å². The third-order valence-electron chi connectivity index (χ3n) is 14.5. The summed E-state index contributed by atoms with van der Waals surface area (Å²) in [6, 6.07) is -0.944. The van der Waals surface area contributed by atoms with Gasteiger partial charge in [0.15, 0.2) is 6.29 Å². The second-order valence-corrected chi connectivity index (χ2v) is 22.3. The van der Waals surface area contributed by atoms with Crippen LogP contribution in [-0.4, -0.2) is 95.4 Å². The zero-order chi connectivity index (χ0) is 52.6. The second-order valence-electron chi connectivity index (χ2n) is 21.3. The van der Waals surface area contributed by atoms with Crippen molar-refractivity contribution in [3.63, 3.8) is 0 Å². The van der Waals surface area contributed by atoms with E-state index in [1.54, 1.807) is 6.08 Å². The predicted molar refractivity (Wildman–Crippen MR) is 296 cm³/mol. The Balaban J connectivity index is 2.35. The average Bonchev–Trinajstić information content (AvgIpc) is 3.36. The summed E-state index contributed by atoms with van der Waals surface area (Å²) in [5, 5.41) is 45.0. The molecule has 1 aliphatic heterocycles. The molecule has 0 aromatic rings. The number of nitrogens with one attached hydrogen (secondary N) is 1. The monoisotopic (exact) mass is 1040 g/mol. The first kappa shape index (κ1) is 68.6. The Labute approximate surface area is 442 Å². The van der Waals surface area contributed by atoms with Crippen LogP contribution in [0.15, 0.2) is 24.3 Å². The Morgan fingerprint density at radius 3 is 1.25 bits per heavy atom. The molecule has 0 aromatic carbocycles. The first-order valence-electron chi connectivity index (χ1n) is 30.2. The van der Waals surface area contributed by atoms with Crippen molar-refractivity contribution < 1.29 is 51.8 Å². The first-order valence-corrected chi connectivity index (χ1v) is 31.6. The minimum Gasteiger partial charge on any atom is -0.394 e. The van der Waals surface area contributed by atoms with Gasteiger partial charge in [0.2, 0.25) is 5.91 Å². The van der Waals surface area contributed by atoms with E-state index in [4.69, 9.17) is 9.47 Å². The average molecular weight is 1040 g/mol. The van der Waals surface area contributed by atoms with Gasteiger partial charge in [-0.25, -0.2) is 4.18 Å². The van der Waals surface area contributed by atoms with Gasteiger partial charge in [-0.2, -0.15) is 8.42 Å². The number of hydrogen-bond acceptors (Lipinski definition) is 10. The van der Waals surface area contributed by atoms with E-state index in [1.807, 2.05) is 6.08 Å². The maximum absolute atomic E-state index is 13.1. The maximum Gasteiger partial charge on any atom is 0.397 e. The highest BCUT2D eigenvalue weighted by Crippen LogP contribution is 2.26. The molecule has 72 heavy (non-hydrogen) atoms. The molecule has 1 aliphatic rings. The number of aliphatic hydroxyl groups excluding tert-OH is 4. The van der Waals surface area contributed by atoms with E-state index < -0.39 is 59.9 Å². The lowest BCUT2D eigenvalue weighted by atomic mass is 9.99. The lowest BCUT2D eigenvalue weighted by molar-refractivity contribution is -0.298. The fourth-order valence-electron chi connectivity index (χ4n) is 9.81. The van der Waals surface area contributed by atoms with Gasteiger partial charge in [-0.3, -0.25) is 9.35 Å². The molecule has 1 saturated heterocycles. The van der Waals surface area contributed by atoms with Crippen LogP contribution in [0.3, 0.4) is 0 Å². The highest BCUT2D eigenvalue weighted by Gasteiger charge is 2.48. The largest absolute Gasteiger partial charge is 0.397 e. The van der Waals surface area contributed by atoms with Gasteiger partial charge in [0, 0.05) is 6.42 Å². The Kier molecular flexibility index (Phi) is 46.8. The second kappa shape index (κ2) is 49.2. The van der Waals surface area contributed by atoms with Crippen LogP contribution >= 0.6 is 0 Å². The number of allylic oxidation sites excluding steroid dienone is 3. The van der Waals surface area contributed by atoms with E-state index >= 15 is 0 Å². The number of aliphatic hydroxyl groups is 4. The fourth-order valence-corrected chi connectivity index (χ4v) is 10.3. The van der Waals surface area contributed by atoms with Crippen molar-refractivity contribution in [1.82, 2.24) is 5.32 Å². The van der Waals surface area contributed by atoms with Crippen molar-refractivity contribution in [3.05, 3.63) is 24.3 Å². The molecule has 0 radical (unpaired) electrons. The molecule has 12 nitrogen and oxygen atoms in total. The lowest BCUT2D eigenvalue weighted by Crippen LogP contribution is -2.61. The fraction of sp³-hybridized carbons (Fsp3) is 0.915. The SMILES string of the molecule is CCCCCCCCCCCCCC/C=C\CCCCCCCCCCCC(=O)NC(COC1OC(CO)C(O)C(OS(=O)(=O)O)C1O)C(O)/C=C/CCCCCCCCCCCCCCCCCCCC. The molecule has 1 fully saturated rings. The van der Waals surface area contributed by atoms with Crippen molar-refractivity contribution in [2.75, 3.05) is 13.2 Å². The van der Waals surface area contributed by atoms with Crippen LogP contribution in [0.5, 0.6) is 0 Å². The van der Waals surface area contributed by atoms with Crippen LogP contribution in [-0.2, 0) is 28.9 Å². The topological polar surface area (TPSA) is 192 Å². The third-order valence-corrected chi connectivity index (χ3v) is 14.9. The Morgan fingerprint density at radius 1 is 0.542 bits per heavy atom. The van der Waals surface area contributed by atoms with Crippen LogP contribution < -0.4 is 5.32 Å². The highest BCUT2D eigenvalue weighted by molar-refractivity contribution is 7.80. The predicted octanol–water partition coefficient (Wildman–Crippen LogP) is 14.4. The molecule has 7 atom stereocenters. The van der Waals surface area contributed by atoms with Gasteiger partial charge in [-0.05, 0) is 44.9 Å². The van der Waals surface area contributed by atoms with Gasteiger partial charge >= 0.3 is 10.4 Å². The zero-order valence-electron chi connectivity index (χ0n) is 46.3. The van der Waals surface area contributed by atoms with E-state index in [0.29, 0.717) is 6.42 Å². The molecule has 1 rings (SSSR count). The molecule has 1 heterocycles. The molecule has 426 valence electrons. The van der Waals surface area contributed by atoms with E-state index in [1.165, 1.54) is 225 Å². The van der Waals surface area contributed by atoms with E-state index in [9.17, 15) is 38.2 Å². The first-order chi connectivity index (χ1) is 35.0. The number of carbonyl (C=O) groups excluding carboxylic acids is 1. The summed E-state index contributed by atoms with van der Waals surface area (Å²) in [6.45, 7) is 3.44. The minimum absolute atomic E-state index is 0.260. The number of unbranched alkanes of at least 4 members (excludes halogenated alkanes) is 39. The number of amides is 1. The van der Waals surface area contributed by atoms with Crippen LogP contribution in [0.1, 0.15) is 290 Å². The number of ether oxygens (including phenoxy) is 2. The van der Waals surface area contributed by atoms with Crippen LogP contribution in [0.25, 0.3) is 0 Å². The zero-order valence-corrected chi connectivity index (χ0v) is 47.1. The van der Waals surface area contributed by atoms with Crippen molar-refractivity contribution >= 4 is 16.3 Å². The van der Waals surface area contributed by atoms with Gasteiger partial charge in [0.05, 0.1) is 25.4 Å². The Hall–Kier alpha value is -1.42. The molecule has 0 saturated carbocycles. The van der Waals surface area contributed by atoms with Crippen molar-refractivity contribution in [3.8, 4) is 0 Å². The summed E-state index contributed by atoms with van der Waals surface area (Å²) in [5.41, 5.74) is 0. The smallest absolute Gasteiger partial charge is 0.394 e. The molecule has 0 aromatic heterocycles. The number of carbonyl (C=O) groups is 1. The quantitative estimate of drug-likeness (QED) is 0.0193. The van der Waals surface area contributed by atoms with E-state index in [2.05, 4.69) is 35.5 Å². The van der Waals surface area contributed by atoms with Gasteiger partial charge < -0.3 is 35.2 Å². The Bertz CT molecular complexity index is 1370. The highest BCUT2D eigenvalue weighted by atomic mass is 32.3. The van der Waals surface area contributed by atoms with E-state index in [0.717, 1.165) is 38.5 Å². The molecule has 0 spiro atoms. The lowest BCUT2D eigenvalue weighted by Gasteiger charge is -2.41. The maximum atomic E-state index is 13.1. The normalized spacial score (nSPS) is 19.5. The van der Waals surface area contributed by atoms with Gasteiger partial charge in [0.25, 0.3) is 0 Å². The standard InChI is InChI=1S/C59H113NO11S/c1-3-5-7-9-11-13-15-17-19-21-23-25-26-27-28-29-31-33-35-37-39-41-43-45-47-49-55(63)60-52(51-69-59-57(65)58(71-72(66,67)68)56(64)54(50-61)70-59)53(62)48-46-44-42-40-38-36-34-32-30-24-22-20-18-16-14-12-10-8-6-4-2/h27-28,46,48,52-54,56-59,61-62,64-65H,3-26,29-45,47,49-51H2,1-2H3,(H,60,63)(H,66,67,68)/b28-27-,48-46+. The van der Waals surface area contributed by atoms with Gasteiger partial charge in [-0.1, -0.05) is 263 Å². The molecular weight excluding hydrogens is 931 g/mol. The molecule has 0 aliphatic carbocycles. The van der Waals surface area contributed by atoms with Gasteiger partial charge in [-0.15, -0.1) is 0 Å². The van der Waals surface area contributed by atoms with E-state index in [-0.39, 0.29) is 18.9 Å². The van der Waals surface area contributed by atoms with Crippen molar-refractivity contribution in [2.45, 2.75) is 333 Å². The molecule has 0 bridgehead atoms. The third kappa shape index (κ3) is 40.8. The summed E-state index contributed by atoms with van der Waals surface area (Å²) < 4.78 is 47.9. The molecule has 6 N–H and O–H groups in total. The summed E-state index contributed by atoms with van der Waals surface area (Å²) in [5.74, 6) is -0.260. The van der Waals surface area contributed by atoms with Gasteiger partial charge in [0.1, 0.15) is 24.4 Å². The van der Waals surface area contributed by atoms with Crippen molar-refractivity contribution in [1.29, 1.82) is 0 Å². The number of rotatable bonds is 53. The number of hydrogen-bond donors (Lipinski definition) is 6. The summed E-state index contributed by atoms with van der Waals surface area (Å²) >= 11 is 0. The molecule has 1 amide bonds. The van der Waals surface area contributed by atoms with Crippen LogP contribution in [0.4, 0.5) is 0 Å². The summed E-state index contributed by atoms with van der Waals surface area (Å²) in [7, 11) is -5.09. The minimum atomic E-state index is -5.09. The summed E-state index contributed by atoms with van der Waals surface area (Å²) in [4.78, 5) is 13.1. The summed E-state index contributed by atoms with van der Waals surface area (Å²) in [6.07, 6.45) is 52.2. The molecule has 13 heteroatoms. The molecular formula is C59H113NO11S. The molecule has 7 unspecified atom stereocenters. The Morgan fingerprint density at radius 2 is 0.889 bits per heavy atom. The van der Waals surface area contributed by atoms with Crippen LogP contribution in [0.2, 0.25) is 0 Å². The van der Waals surface area contributed by atoms with Crippen molar-refractivity contribution in [2.24, 2.45) is 0 Å².